The molecule has 1 aliphatic heterocycles. The second-order valence-corrected chi connectivity index (χ2v) is 10.6. The fraction of sp³-hybridized carbons (Fsp3) is 0.280. The lowest BCUT2D eigenvalue weighted by Gasteiger charge is -2.36. The first kappa shape index (κ1) is 22.5. The molecule has 33 heavy (non-hydrogen) atoms. The van der Waals surface area contributed by atoms with E-state index in [9.17, 15) is 4.79 Å². The fourth-order valence-corrected chi connectivity index (χ4v) is 6.24. The molecule has 4 aromatic rings. The first-order chi connectivity index (χ1) is 16.2. The molecule has 5 nitrogen and oxygen atoms in total. The summed E-state index contributed by atoms with van der Waals surface area (Å²) in [5.41, 5.74) is 2.18. The van der Waals surface area contributed by atoms with Crippen molar-refractivity contribution in [1.82, 2.24) is 14.9 Å². The molecule has 1 aliphatic rings. The number of para-hydroxylation sites is 1. The number of halogens is 1. The summed E-state index contributed by atoms with van der Waals surface area (Å²) < 4.78 is 0. The van der Waals surface area contributed by atoms with Crippen LogP contribution < -0.4 is 10.5 Å². The van der Waals surface area contributed by atoms with Crippen LogP contribution in [0.3, 0.4) is 0 Å². The number of aromatic amines is 1. The molecule has 0 bridgehead atoms. The summed E-state index contributed by atoms with van der Waals surface area (Å²) >= 11 is 9.55. The lowest BCUT2D eigenvalue weighted by atomic mass is 10.2. The maximum Gasteiger partial charge on any atom is 0.260 e. The number of nitrogens with one attached hydrogen (secondary N) is 1. The number of H-pyrrole nitrogens is 1. The summed E-state index contributed by atoms with van der Waals surface area (Å²) in [5, 5.41) is 2.19. The van der Waals surface area contributed by atoms with Gasteiger partial charge in [0.1, 0.15) is 4.83 Å². The molecule has 170 valence electrons. The summed E-state index contributed by atoms with van der Waals surface area (Å²) in [5.74, 6) is 0.927. The Bertz CT molecular complexity index is 1280. The van der Waals surface area contributed by atoms with Crippen molar-refractivity contribution in [2.24, 2.45) is 0 Å². The molecule has 2 aromatic carbocycles. The summed E-state index contributed by atoms with van der Waals surface area (Å²) in [7, 11) is 0. The fourth-order valence-electron chi connectivity index (χ4n) is 4.10. The van der Waals surface area contributed by atoms with Gasteiger partial charge >= 0.3 is 0 Å². The smallest absolute Gasteiger partial charge is 0.260 e. The van der Waals surface area contributed by atoms with Crippen molar-refractivity contribution in [3.63, 3.8) is 0 Å². The van der Waals surface area contributed by atoms with Gasteiger partial charge in [0.2, 0.25) is 0 Å². The number of piperazine rings is 1. The van der Waals surface area contributed by atoms with E-state index in [1.807, 2.05) is 42.5 Å². The zero-order valence-electron chi connectivity index (χ0n) is 18.2. The molecule has 1 fully saturated rings. The van der Waals surface area contributed by atoms with E-state index in [1.165, 1.54) is 0 Å². The second-order valence-electron chi connectivity index (χ2n) is 8.05. The molecule has 8 heteroatoms. The third kappa shape index (κ3) is 5.27. The topological polar surface area (TPSA) is 52.2 Å². The summed E-state index contributed by atoms with van der Waals surface area (Å²) in [4.78, 5) is 27.0. The van der Waals surface area contributed by atoms with Gasteiger partial charge in [-0.05, 0) is 36.7 Å². The van der Waals surface area contributed by atoms with Crippen molar-refractivity contribution in [3.8, 4) is 10.4 Å². The molecule has 5 rings (SSSR count). The number of thiophene rings is 1. The van der Waals surface area contributed by atoms with Crippen LogP contribution in [-0.2, 0) is 0 Å². The van der Waals surface area contributed by atoms with Crippen molar-refractivity contribution in [1.29, 1.82) is 0 Å². The van der Waals surface area contributed by atoms with Crippen LogP contribution in [0.1, 0.15) is 6.42 Å². The summed E-state index contributed by atoms with van der Waals surface area (Å²) in [6.07, 6.45) is 1.05. The molecular formula is C25H25ClN4OS2. The van der Waals surface area contributed by atoms with Crippen molar-refractivity contribution in [2.45, 2.75) is 11.6 Å². The number of nitrogens with zero attached hydrogens (tertiary/aromatic N) is 3. The minimum atomic E-state index is -0.0587. The number of thioether (sulfide) groups is 1. The van der Waals surface area contributed by atoms with Crippen LogP contribution in [0, 0.1) is 0 Å². The largest absolute Gasteiger partial charge is 0.368 e. The Morgan fingerprint density at radius 1 is 1.03 bits per heavy atom. The molecule has 0 spiro atoms. The van der Waals surface area contributed by atoms with Crippen molar-refractivity contribution >= 4 is 50.6 Å². The zero-order valence-corrected chi connectivity index (χ0v) is 20.6. The molecule has 1 saturated heterocycles. The standard InChI is InChI=1S/C25H25ClN4OS2/c26-20-9-4-5-10-21(20)30-14-12-29(13-15-30)11-6-16-32-25-27-23(31)19-17-22(33-24(19)28-25)18-7-2-1-3-8-18/h1-5,7-10,17H,6,11-16H2,(H,27,28,31). The summed E-state index contributed by atoms with van der Waals surface area (Å²) in [6, 6.07) is 20.1. The van der Waals surface area contributed by atoms with E-state index in [1.54, 1.807) is 23.1 Å². The van der Waals surface area contributed by atoms with Gasteiger partial charge in [0.25, 0.3) is 5.56 Å². The first-order valence-corrected chi connectivity index (χ1v) is 13.3. The number of aromatic nitrogens is 2. The van der Waals surface area contributed by atoms with Crippen LogP contribution in [-0.4, -0.2) is 53.3 Å². The number of rotatable bonds is 7. The Labute approximate surface area is 206 Å². The molecule has 0 radical (unpaired) electrons. The van der Waals surface area contributed by atoms with Crippen LogP contribution in [0.5, 0.6) is 0 Å². The Morgan fingerprint density at radius 2 is 1.79 bits per heavy atom. The molecule has 3 heterocycles. The lowest BCUT2D eigenvalue weighted by molar-refractivity contribution is 0.259. The highest BCUT2D eigenvalue weighted by Crippen LogP contribution is 2.31. The van der Waals surface area contributed by atoms with E-state index in [0.717, 1.165) is 70.9 Å². The van der Waals surface area contributed by atoms with Gasteiger partial charge in [0.05, 0.1) is 16.1 Å². The highest BCUT2D eigenvalue weighted by Gasteiger charge is 2.18. The normalized spacial score (nSPS) is 14.8. The molecule has 0 saturated carbocycles. The van der Waals surface area contributed by atoms with Crippen molar-refractivity contribution < 1.29 is 0 Å². The van der Waals surface area contributed by atoms with Crippen LogP contribution >= 0.6 is 34.7 Å². The predicted octanol–water partition coefficient (Wildman–Crippen LogP) is 5.61. The third-order valence-corrected chi connectivity index (χ3v) is 8.22. The van der Waals surface area contributed by atoms with Gasteiger partial charge in [-0.25, -0.2) is 4.98 Å². The van der Waals surface area contributed by atoms with Gasteiger partial charge in [0.15, 0.2) is 5.16 Å². The minimum absolute atomic E-state index is 0.0587. The molecule has 0 aliphatic carbocycles. The number of fused-ring (bicyclic) bond motifs is 1. The molecule has 0 atom stereocenters. The summed E-state index contributed by atoms with van der Waals surface area (Å²) in [6.45, 7) is 5.10. The number of hydrogen-bond donors (Lipinski definition) is 1. The lowest BCUT2D eigenvalue weighted by Crippen LogP contribution is -2.46. The SMILES string of the molecule is O=c1[nH]c(SCCCN2CCN(c3ccccc3Cl)CC2)nc2sc(-c3ccccc3)cc12. The van der Waals surface area contributed by atoms with Crippen LogP contribution in [0.15, 0.2) is 70.6 Å². The van der Waals surface area contributed by atoms with E-state index >= 15 is 0 Å². The Hall–Kier alpha value is -2.32. The molecule has 1 N–H and O–H groups in total. The van der Waals surface area contributed by atoms with Gasteiger partial charge in [-0.1, -0.05) is 65.8 Å². The van der Waals surface area contributed by atoms with E-state index in [2.05, 4.69) is 33.0 Å². The van der Waals surface area contributed by atoms with E-state index in [4.69, 9.17) is 16.6 Å². The van der Waals surface area contributed by atoms with E-state index in [0.29, 0.717) is 10.5 Å². The molecule has 0 amide bonds. The molecule has 2 aromatic heterocycles. The van der Waals surface area contributed by atoms with Gasteiger partial charge < -0.3 is 9.88 Å². The Morgan fingerprint density at radius 3 is 2.58 bits per heavy atom. The number of hydrogen-bond acceptors (Lipinski definition) is 6. The quantitative estimate of drug-likeness (QED) is 0.205. The van der Waals surface area contributed by atoms with Gasteiger partial charge in [-0.3, -0.25) is 9.69 Å². The first-order valence-electron chi connectivity index (χ1n) is 11.1. The van der Waals surface area contributed by atoms with Gasteiger partial charge in [-0.2, -0.15) is 0 Å². The average molecular weight is 497 g/mol. The predicted molar refractivity (Wildman–Crippen MR) is 141 cm³/mol. The zero-order chi connectivity index (χ0) is 22.6. The monoisotopic (exact) mass is 496 g/mol. The second kappa shape index (κ2) is 10.3. The van der Waals surface area contributed by atoms with Crippen LogP contribution in [0.25, 0.3) is 20.7 Å². The van der Waals surface area contributed by atoms with Gasteiger partial charge in [-0.15, -0.1) is 11.3 Å². The molecular weight excluding hydrogens is 472 g/mol. The van der Waals surface area contributed by atoms with Crippen LogP contribution in [0.2, 0.25) is 5.02 Å². The third-order valence-electron chi connectivity index (χ3n) is 5.86. The maximum absolute atomic E-state index is 12.6. The average Bonchev–Trinajstić information content (AvgIpc) is 3.28. The number of anilines is 1. The number of benzene rings is 2. The maximum atomic E-state index is 12.6. The minimum Gasteiger partial charge on any atom is -0.368 e. The van der Waals surface area contributed by atoms with Crippen LogP contribution in [0.4, 0.5) is 5.69 Å². The molecule has 0 unspecified atom stereocenters. The Kier molecular flexibility index (Phi) is 7.02. The van der Waals surface area contributed by atoms with Crippen molar-refractivity contribution in [2.75, 3.05) is 43.4 Å². The highest BCUT2D eigenvalue weighted by molar-refractivity contribution is 7.99. The van der Waals surface area contributed by atoms with E-state index in [-0.39, 0.29) is 5.56 Å². The van der Waals surface area contributed by atoms with Gasteiger partial charge in [0, 0.05) is 36.8 Å². The Balaban J connectivity index is 1.13. The van der Waals surface area contributed by atoms with E-state index < -0.39 is 0 Å². The highest BCUT2D eigenvalue weighted by atomic mass is 35.5. The van der Waals surface area contributed by atoms with Crippen molar-refractivity contribution in [3.05, 3.63) is 76.0 Å².